The van der Waals surface area contributed by atoms with Gasteiger partial charge in [-0.2, -0.15) is 0 Å². The number of nitrogens with one attached hydrogen (secondary N) is 1. The maximum atomic E-state index is 10.9. The van der Waals surface area contributed by atoms with Gasteiger partial charge in [0.15, 0.2) is 0 Å². The van der Waals surface area contributed by atoms with Crippen LogP contribution >= 0.6 is 0 Å². The molecule has 0 fully saturated rings. The van der Waals surface area contributed by atoms with Gasteiger partial charge in [0.2, 0.25) is 5.75 Å². The molecule has 0 saturated heterocycles. The molecule has 1 rings (SSSR count). The van der Waals surface area contributed by atoms with Crippen LogP contribution in [-0.4, -0.2) is 42.9 Å². The van der Waals surface area contributed by atoms with Gasteiger partial charge in [0.25, 0.3) is 0 Å². The second-order valence-corrected chi connectivity index (χ2v) is 4.26. The second-order valence-electron chi connectivity index (χ2n) is 4.26. The van der Waals surface area contributed by atoms with Gasteiger partial charge in [0, 0.05) is 18.7 Å². The lowest BCUT2D eigenvalue weighted by atomic mass is 10.2. The van der Waals surface area contributed by atoms with Crippen LogP contribution in [0.3, 0.4) is 0 Å². The minimum Gasteiger partial charge on any atom is -0.497 e. The van der Waals surface area contributed by atoms with E-state index in [1.807, 2.05) is 6.92 Å². The minimum atomic E-state index is -0.729. The Morgan fingerprint density at radius 1 is 1.50 bits per heavy atom. The summed E-state index contributed by atoms with van der Waals surface area (Å²) < 4.78 is 10.3. The first-order valence-electron chi connectivity index (χ1n) is 6.42. The molecular formula is C13H20N2O5. The number of aliphatic hydroxyl groups excluding tert-OH is 1. The lowest BCUT2D eigenvalue weighted by Gasteiger charge is -2.13. The zero-order valence-corrected chi connectivity index (χ0v) is 11.7. The Morgan fingerprint density at radius 3 is 2.85 bits per heavy atom. The first-order valence-corrected chi connectivity index (χ1v) is 6.42. The van der Waals surface area contributed by atoms with Crippen LogP contribution in [0.15, 0.2) is 18.2 Å². The molecule has 0 aromatic heterocycles. The highest BCUT2D eigenvalue weighted by molar-refractivity contribution is 5.50. The van der Waals surface area contributed by atoms with Crippen molar-refractivity contribution in [2.45, 2.75) is 19.4 Å². The molecule has 0 aliphatic heterocycles. The average Bonchev–Trinajstić information content (AvgIpc) is 2.44. The Bertz CT molecular complexity index is 439. The van der Waals surface area contributed by atoms with Gasteiger partial charge in [0.1, 0.15) is 18.5 Å². The highest BCUT2D eigenvalue weighted by atomic mass is 16.6. The van der Waals surface area contributed by atoms with Crippen molar-refractivity contribution >= 4 is 5.69 Å². The molecule has 0 aliphatic carbocycles. The summed E-state index contributed by atoms with van der Waals surface area (Å²) in [6.07, 6.45) is 0.238. The zero-order valence-electron chi connectivity index (χ0n) is 11.7. The topological polar surface area (TPSA) is 93.9 Å². The summed E-state index contributed by atoms with van der Waals surface area (Å²) in [4.78, 5) is 10.4. The van der Waals surface area contributed by atoms with E-state index < -0.39 is 11.0 Å². The van der Waals surface area contributed by atoms with Crippen molar-refractivity contribution in [1.29, 1.82) is 0 Å². The molecule has 0 aliphatic rings. The van der Waals surface area contributed by atoms with E-state index in [9.17, 15) is 15.2 Å². The van der Waals surface area contributed by atoms with Gasteiger partial charge in [-0.25, -0.2) is 0 Å². The Morgan fingerprint density at radius 2 is 2.25 bits per heavy atom. The SMILES string of the molecule is CCCNCC(O)COc1cc(OC)ccc1[N+](=O)[O-]. The van der Waals surface area contributed by atoms with Crippen LogP contribution in [0.4, 0.5) is 5.69 Å². The van der Waals surface area contributed by atoms with Crippen molar-refractivity contribution in [2.75, 3.05) is 26.8 Å². The number of aliphatic hydroxyl groups is 1. The van der Waals surface area contributed by atoms with E-state index in [4.69, 9.17) is 9.47 Å². The van der Waals surface area contributed by atoms with E-state index in [0.717, 1.165) is 13.0 Å². The molecule has 0 amide bonds. The van der Waals surface area contributed by atoms with Crippen LogP contribution < -0.4 is 14.8 Å². The van der Waals surface area contributed by atoms with Crippen LogP contribution in [0.25, 0.3) is 0 Å². The first kappa shape index (κ1) is 16.2. The highest BCUT2D eigenvalue weighted by Crippen LogP contribution is 2.31. The third kappa shape index (κ3) is 5.02. The Hall–Kier alpha value is -1.86. The second kappa shape index (κ2) is 8.34. The van der Waals surface area contributed by atoms with Gasteiger partial charge in [-0.1, -0.05) is 6.92 Å². The van der Waals surface area contributed by atoms with Gasteiger partial charge >= 0.3 is 5.69 Å². The monoisotopic (exact) mass is 284 g/mol. The van der Waals surface area contributed by atoms with Gasteiger partial charge < -0.3 is 19.9 Å². The molecular weight excluding hydrogens is 264 g/mol. The number of hydrogen-bond acceptors (Lipinski definition) is 6. The standard InChI is InChI=1S/C13H20N2O5/c1-3-6-14-8-10(16)9-20-13-7-11(19-2)4-5-12(13)15(17)18/h4-5,7,10,14,16H,3,6,8-9H2,1-2H3. The lowest BCUT2D eigenvalue weighted by molar-refractivity contribution is -0.385. The molecule has 0 radical (unpaired) electrons. The molecule has 1 atom stereocenters. The van der Waals surface area contributed by atoms with Crippen molar-refractivity contribution < 1.29 is 19.5 Å². The molecule has 0 spiro atoms. The molecule has 0 bridgehead atoms. The van der Waals surface area contributed by atoms with Crippen molar-refractivity contribution in [3.63, 3.8) is 0 Å². The molecule has 1 aromatic rings. The smallest absolute Gasteiger partial charge is 0.311 e. The largest absolute Gasteiger partial charge is 0.497 e. The predicted octanol–water partition coefficient (Wildman–Crippen LogP) is 1.34. The normalized spacial score (nSPS) is 11.9. The molecule has 0 saturated carbocycles. The Kier molecular flexibility index (Phi) is 6.75. The van der Waals surface area contributed by atoms with Crippen LogP contribution in [0.1, 0.15) is 13.3 Å². The average molecular weight is 284 g/mol. The Labute approximate surface area is 117 Å². The van der Waals surface area contributed by atoms with Gasteiger partial charge in [-0.15, -0.1) is 0 Å². The minimum absolute atomic E-state index is 0.0231. The van der Waals surface area contributed by atoms with Crippen molar-refractivity contribution in [3.8, 4) is 11.5 Å². The number of hydrogen-bond donors (Lipinski definition) is 2. The van der Waals surface area contributed by atoms with Gasteiger partial charge in [0.05, 0.1) is 12.0 Å². The molecule has 7 nitrogen and oxygen atoms in total. The molecule has 112 valence electrons. The highest BCUT2D eigenvalue weighted by Gasteiger charge is 2.17. The quantitative estimate of drug-likeness (QED) is 0.404. The fourth-order valence-electron chi connectivity index (χ4n) is 1.58. The number of ether oxygens (including phenoxy) is 2. The fourth-order valence-corrected chi connectivity index (χ4v) is 1.58. The number of nitro groups is 1. The number of nitrogens with zero attached hydrogens (tertiary/aromatic N) is 1. The van der Waals surface area contributed by atoms with E-state index >= 15 is 0 Å². The third-order valence-corrected chi connectivity index (χ3v) is 2.60. The van der Waals surface area contributed by atoms with E-state index in [1.165, 1.54) is 25.3 Å². The van der Waals surface area contributed by atoms with Crippen molar-refractivity contribution in [2.24, 2.45) is 0 Å². The number of benzene rings is 1. The van der Waals surface area contributed by atoms with Crippen LogP contribution in [-0.2, 0) is 0 Å². The summed E-state index contributed by atoms with van der Waals surface area (Å²) >= 11 is 0. The third-order valence-electron chi connectivity index (χ3n) is 2.60. The maximum absolute atomic E-state index is 10.9. The van der Waals surface area contributed by atoms with Crippen LogP contribution in [0, 0.1) is 10.1 Å². The number of methoxy groups -OCH3 is 1. The van der Waals surface area contributed by atoms with Crippen LogP contribution in [0.5, 0.6) is 11.5 Å². The summed E-state index contributed by atoms with van der Waals surface area (Å²) in [6, 6.07) is 4.24. The molecule has 0 heterocycles. The summed E-state index contributed by atoms with van der Waals surface area (Å²) in [5.74, 6) is 0.549. The lowest BCUT2D eigenvalue weighted by Crippen LogP contribution is -2.31. The van der Waals surface area contributed by atoms with Gasteiger partial charge in [-0.05, 0) is 19.0 Å². The van der Waals surface area contributed by atoms with Crippen molar-refractivity contribution in [3.05, 3.63) is 28.3 Å². The summed E-state index contributed by atoms with van der Waals surface area (Å²) in [5, 5.41) is 23.6. The fraction of sp³-hybridized carbons (Fsp3) is 0.538. The van der Waals surface area contributed by atoms with Gasteiger partial charge in [-0.3, -0.25) is 10.1 Å². The molecule has 7 heteroatoms. The van der Waals surface area contributed by atoms with Crippen molar-refractivity contribution in [1.82, 2.24) is 5.32 Å². The van der Waals surface area contributed by atoms with Crippen LogP contribution in [0.2, 0.25) is 0 Å². The summed E-state index contributed by atoms with van der Waals surface area (Å²) in [5.41, 5.74) is -0.153. The molecule has 1 unspecified atom stereocenters. The number of nitro benzene ring substituents is 1. The van der Waals surface area contributed by atoms with E-state index in [-0.39, 0.29) is 18.0 Å². The van der Waals surface area contributed by atoms with E-state index in [1.54, 1.807) is 0 Å². The first-order chi connectivity index (χ1) is 9.58. The Balaban J connectivity index is 2.63. The van der Waals surface area contributed by atoms with E-state index in [0.29, 0.717) is 12.3 Å². The van der Waals surface area contributed by atoms with E-state index in [2.05, 4.69) is 5.32 Å². The molecule has 20 heavy (non-hydrogen) atoms. The predicted molar refractivity (Wildman–Crippen MR) is 74.3 cm³/mol. The molecule has 2 N–H and O–H groups in total. The summed E-state index contributed by atoms with van der Waals surface area (Å²) in [6.45, 7) is 3.18. The summed E-state index contributed by atoms with van der Waals surface area (Å²) in [7, 11) is 1.47. The number of rotatable bonds is 9. The maximum Gasteiger partial charge on any atom is 0.311 e. The zero-order chi connectivity index (χ0) is 15.0. The molecule has 1 aromatic carbocycles.